The highest BCUT2D eigenvalue weighted by molar-refractivity contribution is 7.80. The van der Waals surface area contributed by atoms with Crippen molar-refractivity contribution in [1.29, 1.82) is 0 Å². The van der Waals surface area contributed by atoms with Gasteiger partial charge in [-0.3, -0.25) is 0 Å². The maximum atomic E-state index is 6.72. The lowest BCUT2D eigenvalue weighted by Crippen LogP contribution is -2.44. The summed E-state index contributed by atoms with van der Waals surface area (Å²) in [6.45, 7) is 3.94. The van der Waals surface area contributed by atoms with E-state index in [4.69, 9.17) is 27.4 Å². The molecule has 0 fully saturated rings. The Morgan fingerprint density at radius 3 is 2.65 bits per heavy atom. The Bertz CT molecular complexity index is 1090. The van der Waals surface area contributed by atoms with Gasteiger partial charge in [0.25, 0.3) is 0 Å². The summed E-state index contributed by atoms with van der Waals surface area (Å²) >= 11 is 7.64. The van der Waals surface area contributed by atoms with Crippen LogP contribution in [0.5, 0.6) is 11.5 Å². The van der Waals surface area contributed by atoms with Crippen molar-refractivity contribution in [3.63, 3.8) is 0 Å². The third kappa shape index (κ3) is 4.71. The highest BCUT2D eigenvalue weighted by atomic mass is 32.1. The summed E-state index contributed by atoms with van der Waals surface area (Å²) in [5.74, 6) is 1.48. The molecule has 1 unspecified atom stereocenters. The predicted octanol–water partition coefficient (Wildman–Crippen LogP) is 5.19. The van der Waals surface area contributed by atoms with E-state index in [1.54, 1.807) is 14.2 Å². The van der Waals surface area contributed by atoms with E-state index in [0.29, 0.717) is 0 Å². The number of fused-ring (bicyclic) bond motifs is 2. The van der Waals surface area contributed by atoms with Gasteiger partial charge in [-0.2, -0.15) is 0 Å². The molecule has 0 bridgehead atoms. The zero-order valence-electron chi connectivity index (χ0n) is 18.4. The fraction of sp³-hybridized carbons (Fsp3) is 0.400. The molecular formula is C25H30N2O2S2. The monoisotopic (exact) mass is 454 g/mol. The van der Waals surface area contributed by atoms with Crippen LogP contribution in [0.2, 0.25) is 0 Å². The Labute approximate surface area is 194 Å². The van der Waals surface area contributed by atoms with Gasteiger partial charge in [0.1, 0.15) is 4.99 Å². The molecule has 0 radical (unpaired) electrons. The number of thiocarbonyl (C=S) groups is 1. The van der Waals surface area contributed by atoms with Crippen LogP contribution in [0, 0.1) is 0 Å². The molecular weight excluding hydrogens is 424 g/mol. The molecule has 6 heteroatoms. The van der Waals surface area contributed by atoms with Gasteiger partial charge in [-0.25, -0.2) is 0 Å². The molecule has 31 heavy (non-hydrogen) atoms. The van der Waals surface area contributed by atoms with Gasteiger partial charge >= 0.3 is 0 Å². The van der Waals surface area contributed by atoms with Gasteiger partial charge in [0.2, 0.25) is 0 Å². The molecule has 2 aromatic carbocycles. The predicted molar refractivity (Wildman–Crippen MR) is 134 cm³/mol. The Morgan fingerprint density at radius 2 is 1.87 bits per heavy atom. The summed E-state index contributed by atoms with van der Waals surface area (Å²) in [5, 5.41) is 3.64. The molecule has 0 aliphatic carbocycles. The first kappa shape index (κ1) is 22.1. The summed E-state index contributed by atoms with van der Waals surface area (Å²) in [4.78, 5) is 3.16. The number of aryl methyl sites for hydroxylation is 1. The highest BCUT2D eigenvalue weighted by Crippen LogP contribution is 2.34. The number of hydrogen-bond acceptors (Lipinski definition) is 5. The summed E-state index contributed by atoms with van der Waals surface area (Å²) in [6.07, 6.45) is 3.80. The third-order valence-electron chi connectivity index (χ3n) is 6.26. The van der Waals surface area contributed by atoms with Gasteiger partial charge in [-0.1, -0.05) is 30.4 Å². The molecule has 0 saturated carbocycles. The fourth-order valence-corrected chi connectivity index (χ4v) is 5.60. The van der Waals surface area contributed by atoms with Crippen molar-refractivity contribution in [2.45, 2.75) is 38.1 Å². The maximum absolute atomic E-state index is 6.72. The molecule has 0 spiro atoms. The number of methoxy groups -OCH3 is 2. The summed E-state index contributed by atoms with van der Waals surface area (Å²) in [5.41, 5.74) is 10.2. The van der Waals surface area contributed by atoms with Crippen LogP contribution in [0.1, 0.15) is 36.5 Å². The molecule has 0 amide bonds. The molecule has 1 atom stereocenters. The van der Waals surface area contributed by atoms with Crippen molar-refractivity contribution < 1.29 is 9.47 Å². The van der Waals surface area contributed by atoms with Gasteiger partial charge in [-0.15, -0.1) is 11.3 Å². The van der Waals surface area contributed by atoms with Gasteiger partial charge < -0.3 is 20.1 Å². The topological polar surface area (TPSA) is 47.7 Å². The largest absolute Gasteiger partial charge is 0.493 e. The summed E-state index contributed by atoms with van der Waals surface area (Å²) in [7, 11) is 3.32. The smallest absolute Gasteiger partial charge is 0.161 e. The lowest BCUT2D eigenvalue weighted by molar-refractivity contribution is 0.325. The highest BCUT2D eigenvalue weighted by Gasteiger charge is 2.26. The van der Waals surface area contributed by atoms with Crippen molar-refractivity contribution in [1.82, 2.24) is 4.90 Å². The van der Waals surface area contributed by atoms with Gasteiger partial charge in [0, 0.05) is 28.9 Å². The molecule has 2 N–H and O–H groups in total. The van der Waals surface area contributed by atoms with Crippen LogP contribution in [0.4, 0.5) is 0 Å². The average molecular weight is 455 g/mol. The lowest BCUT2D eigenvalue weighted by Gasteiger charge is -2.34. The number of rotatable bonds is 8. The zero-order valence-corrected chi connectivity index (χ0v) is 20.1. The number of benzene rings is 2. The van der Waals surface area contributed by atoms with Crippen LogP contribution in [-0.2, 0) is 12.8 Å². The standard InChI is InChI=1S/C25H30N2O2S2/c1-25(26,10-8-18-16-31-23-7-5-4-6-19(18)23)11-13-27-12-9-17-14-21(28-2)22(29-3)15-20(17)24(27)30/h4-7,14-16H,8-13,26H2,1-3H3. The van der Waals surface area contributed by atoms with E-state index in [1.807, 2.05) is 17.4 Å². The molecule has 164 valence electrons. The van der Waals surface area contributed by atoms with Crippen molar-refractivity contribution in [3.05, 3.63) is 58.5 Å². The fourth-order valence-electron chi connectivity index (χ4n) is 4.23. The van der Waals surface area contributed by atoms with Gasteiger partial charge in [0.15, 0.2) is 11.5 Å². The Kier molecular flexibility index (Phi) is 6.51. The molecule has 3 aromatic rings. The normalized spacial score (nSPS) is 15.6. The van der Waals surface area contributed by atoms with Gasteiger partial charge in [0.05, 0.1) is 14.2 Å². The van der Waals surface area contributed by atoms with Crippen molar-refractivity contribution in [3.8, 4) is 11.5 Å². The molecule has 1 aromatic heterocycles. The third-order valence-corrected chi connectivity index (χ3v) is 7.75. The van der Waals surface area contributed by atoms with Crippen LogP contribution in [0.25, 0.3) is 10.1 Å². The molecule has 4 rings (SSSR count). The lowest BCUT2D eigenvalue weighted by atomic mass is 9.90. The van der Waals surface area contributed by atoms with Crippen molar-refractivity contribution in [2.24, 2.45) is 5.73 Å². The van der Waals surface area contributed by atoms with E-state index in [2.05, 4.69) is 47.5 Å². The zero-order chi connectivity index (χ0) is 22.0. The van der Waals surface area contributed by atoms with Crippen molar-refractivity contribution in [2.75, 3.05) is 27.3 Å². The van der Waals surface area contributed by atoms with Crippen LogP contribution < -0.4 is 15.2 Å². The quantitative estimate of drug-likeness (QED) is 0.475. The van der Waals surface area contributed by atoms with E-state index in [1.165, 1.54) is 21.2 Å². The van der Waals surface area contributed by atoms with Crippen LogP contribution in [-0.4, -0.2) is 42.7 Å². The first-order valence-corrected chi connectivity index (χ1v) is 12.0. The summed E-state index contributed by atoms with van der Waals surface area (Å²) in [6, 6.07) is 12.7. The van der Waals surface area contributed by atoms with E-state index >= 15 is 0 Å². The SMILES string of the molecule is COc1cc2c(cc1OC)C(=S)N(CCC(C)(N)CCc1csc3ccccc13)CC2. The molecule has 0 saturated heterocycles. The first-order chi connectivity index (χ1) is 14.9. The number of thiophene rings is 1. The first-order valence-electron chi connectivity index (χ1n) is 10.7. The maximum Gasteiger partial charge on any atom is 0.161 e. The Hall–Kier alpha value is -2.15. The number of nitrogens with two attached hydrogens (primary N) is 1. The Balaban J connectivity index is 1.39. The number of nitrogens with zero attached hydrogens (tertiary/aromatic N) is 1. The van der Waals surface area contributed by atoms with Crippen LogP contribution in [0.3, 0.4) is 0 Å². The molecule has 1 aliphatic heterocycles. The molecule has 1 aliphatic rings. The second-order valence-corrected chi connectivity index (χ2v) is 9.87. The minimum Gasteiger partial charge on any atom is -0.493 e. The number of ether oxygens (including phenoxy) is 2. The van der Waals surface area contributed by atoms with Crippen LogP contribution >= 0.6 is 23.6 Å². The van der Waals surface area contributed by atoms with E-state index in [0.717, 1.165) is 60.8 Å². The summed E-state index contributed by atoms with van der Waals surface area (Å²) < 4.78 is 12.3. The Morgan fingerprint density at radius 1 is 1.13 bits per heavy atom. The van der Waals surface area contributed by atoms with Crippen molar-refractivity contribution >= 4 is 38.6 Å². The second kappa shape index (κ2) is 9.15. The van der Waals surface area contributed by atoms with E-state index in [-0.39, 0.29) is 5.54 Å². The minimum atomic E-state index is -0.240. The van der Waals surface area contributed by atoms with E-state index < -0.39 is 0 Å². The molecule has 2 heterocycles. The van der Waals surface area contributed by atoms with Crippen LogP contribution in [0.15, 0.2) is 41.8 Å². The average Bonchev–Trinajstić information content (AvgIpc) is 3.20. The second-order valence-electron chi connectivity index (χ2n) is 8.57. The molecule has 4 nitrogen and oxygen atoms in total. The number of hydrogen-bond donors (Lipinski definition) is 1. The minimum absolute atomic E-state index is 0.240. The van der Waals surface area contributed by atoms with Gasteiger partial charge in [-0.05, 0) is 72.7 Å². The van der Waals surface area contributed by atoms with E-state index in [9.17, 15) is 0 Å².